The van der Waals surface area contributed by atoms with Crippen molar-refractivity contribution in [2.75, 3.05) is 0 Å². The highest BCUT2D eigenvalue weighted by atomic mass is 35.5. The fourth-order valence-corrected chi connectivity index (χ4v) is 1.72. The Hall–Kier alpha value is -1.88. The van der Waals surface area contributed by atoms with E-state index in [1.165, 1.54) is 10.8 Å². The van der Waals surface area contributed by atoms with E-state index in [1.54, 1.807) is 18.2 Å². The van der Waals surface area contributed by atoms with Gasteiger partial charge in [0.25, 0.3) is 0 Å². The van der Waals surface area contributed by atoms with Crippen LogP contribution in [0.5, 0.6) is 0 Å². The lowest BCUT2D eigenvalue weighted by atomic mass is 10.2. The molecule has 0 atom stereocenters. The summed E-state index contributed by atoms with van der Waals surface area (Å²) in [6, 6.07) is 5.20. The Balaban J connectivity index is 2.66. The molecule has 0 spiro atoms. The molecule has 0 aliphatic carbocycles. The van der Waals surface area contributed by atoms with Gasteiger partial charge in [0.1, 0.15) is 12.0 Å². The molecule has 0 bridgehead atoms. The monoisotopic (exact) mass is 220 g/mol. The van der Waals surface area contributed by atoms with Crippen molar-refractivity contribution in [3.8, 4) is 0 Å². The van der Waals surface area contributed by atoms with Crippen LogP contribution in [0.4, 0.5) is 0 Å². The van der Waals surface area contributed by atoms with Gasteiger partial charge in [0.05, 0.1) is 5.52 Å². The molecule has 0 aliphatic rings. The zero-order valence-electron chi connectivity index (χ0n) is 7.44. The molecule has 3 rings (SSSR count). The van der Waals surface area contributed by atoms with E-state index in [0.29, 0.717) is 16.2 Å². The Labute approximate surface area is 88.3 Å². The van der Waals surface area contributed by atoms with Gasteiger partial charge >= 0.3 is 5.69 Å². The third-order valence-electron chi connectivity index (χ3n) is 2.20. The summed E-state index contributed by atoms with van der Waals surface area (Å²) in [5.74, 6) is 0. The van der Waals surface area contributed by atoms with Gasteiger partial charge in [-0.2, -0.15) is 14.6 Å². The first-order chi connectivity index (χ1) is 7.25. The number of aromatic nitrogens is 4. The van der Waals surface area contributed by atoms with Gasteiger partial charge in [-0.1, -0.05) is 11.6 Å². The summed E-state index contributed by atoms with van der Waals surface area (Å²) < 4.78 is 1.22. The fourth-order valence-electron chi connectivity index (χ4n) is 1.55. The van der Waals surface area contributed by atoms with E-state index in [2.05, 4.69) is 15.1 Å². The van der Waals surface area contributed by atoms with Crippen LogP contribution >= 0.6 is 11.6 Å². The smallest absolute Gasteiger partial charge is 0.329 e. The molecule has 0 unspecified atom stereocenters. The average Bonchev–Trinajstić information content (AvgIpc) is 2.66. The number of halogens is 1. The van der Waals surface area contributed by atoms with Crippen molar-refractivity contribution >= 4 is 28.2 Å². The molecule has 1 N–H and O–H groups in total. The summed E-state index contributed by atoms with van der Waals surface area (Å²) in [7, 11) is 0. The topological polar surface area (TPSA) is 63.0 Å². The van der Waals surface area contributed by atoms with Crippen molar-refractivity contribution in [3.63, 3.8) is 0 Å². The molecule has 2 heterocycles. The van der Waals surface area contributed by atoms with Crippen LogP contribution in [0.3, 0.4) is 0 Å². The molecule has 15 heavy (non-hydrogen) atoms. The molecule has 0 radical (unpaired) electrons. The van der Waals surface area contributed by atoms with E-state index < -0.39 is 5.69 Å². The van der Waals surface area contributed by atoms with Gasteiger partial charge in [-0.25, -0.2) is 4.79 Å². The quantitative estimate of drug-likeness (QED) is 0.620. The number of benzene rings is 1. The molecule has 0 aliphatic heterocycles. The lowest BCUT2D eigenvalue weighted by Crippen LogP contribution is -2.17. The van der Waals surface area contributed by atoms with Crippen LogP contribution in [0.15, 0.2) is 29.3 Å². The zero-order chi connectivity index (χ0) is 10.4. The van der Waals surface area contributed by atoms with Crippen LogP contribution in [-0.4, -0.2) is 19.6 Å². The van der Waals surface area contributed by atoms with E-state index in [-0.39, 0.29) is 0 Å². The average molecular weight is 221 g/mol. The van der Waals surface area contributed by atoms with Crippen LogP contribution in [0.1, 0.15) is 0 Å². The van der Waals surface area contributed by atoms with Crippen LogP contribution in [0.2, 0.25) is 5.02 Å². The summed E-state index contributed by atoms with van der Waals surface area (Å²) in [6.45, 7) is 0. The molecule has 0 saturated carbocycles. The second-order valence-corrected chi connectivity index (χ2v) is 3.54. The van der Waals surface area contributed by atoms with Gasteiger partial charge < -0.3 is 4.98 Å². The van der Waals surface area contributed by atoms with E-state index in [0.717, 1.165) is 5.39 Å². The molecule has 74 valence electrons. The first-order valence-corrected chi connectivity index (χ1v) is 4.65. The SMILES string of the molecule is O=c1nc2cc(Cl)ccc2c2[nH]cnn12. The maximum Gasteiger partial charge on any atom is 0.370 e. The summed E-state index contributed by atoms with van der Waals surface area (Å²) in [5, 5.41) is 5.21. The van der Waals surface area contributed by atoms with Crippen molar-refractivity contribution in [1.29, 1.82) is 0 Å². The molecule has 6 heteroatoms. The maximum absolute atomic E-state index is 11.5. The minimum Gasteiger partial charge on any atom is -0.329 e. The number of H-pyrrole nitrogens is 1. The van der Waals surface area contributed by atoms with Crippen molar-refractivity contribution in [3.05, 3.63) is 40.0 Å². The summed E-state index contributed by atoms with van der Waals surface area (Å²) >= 11 is 5.82. The number of fused-ring (bicyclic) bond motifs is 3. The Morgan fingerprint density at radius 1 is 1.40 bits per heavy atom. The van der Waals surface area contributed by atoms with Gasteiger partial charge in [-0.15, -0.1) is 0 Å². The van der Waals surface area contributed by atoms with Gasteiger partial charge in [-0.3, -0.25) is 0 Å². The van der Waals surface area contributed by atoms with Gasteiger partial charge in [-0.05, 0) is 18.2 Å². The first kappa shape index (κ1) is 8.43. The molecule has 3 aromatic rings. The van der Waals surface area contributed by atoms with Crippen LogP contribution in [0, 0.1) is 0 Å². The van der Waals surface area contributed by atoms with Gasteiger partial charge in [0.2, 0.25) is 0 Å². The lowest BCUT2D eigenvalue weighted by Gasteiger charge is -1.98. The van der Waals surface area contributed by atoms with E-state index in [1.807, 2.05) is 0 Å². The van der Waals surface area contributed by atoms with Crippen LogP contribution in [-0.2, 0) is 0 Å². The van der Waals surface area contributed by atoms with Crippen molar-refractivity contribution in [2.24, 2.45) is 0 Å². The maximum atomic E-state index is 11.5. The molecular formula is C9H5ClN4O. The molecular weight excluding hydrogens is 216 g/mol. The third-order valence-corrected chi connectivity index (χ3v) is 2.43. The number of nitrogens with zero attached hydrogens (tertiary/aromatic N) is 3. The highest BCUT2D eigenvalue weighted by molar-refractivity contribution is 6.31. The third kappa shape index (κ3) is 1.13. The van der Waals surface area contributed by atoms with Crippen molar-refractivity contribution < 1.29 is 0 Å². The Morgan fingerprint density at radius 2 is 2.27 bits per heavy atom. The van der Waals surface area contributed by atoms with Crippen molar-refractivity contribution in [2.45, 2.75) is 0 Å². The first-order valence-electron chi connectivity index (χ1n) is 4.27. The molecule has 1 aromatic carbocycles. The standard InChI is InChI=1S/C9H5ClN4O/c10-5-1-2-6-7(3-5)13-9(15)14-8(6)11-4-12-14/h1-4H,(H,11,12). The number of aromatic amines is 1. The minimum absolute atomic E-state index is 0.416. The predicted octanol–water partition coefficient (Wildman–Crippen LogP) is 1.22. The molecule has 0 fully saturated rings. The Morgan fingerprint density at radius 3 is 3.13 bits per heavy atom. The van der Waals surface area contributed by atoms with Crippen LogP contribution in [0.25, 0.3) is 16.6 Å². The number of rotatable bonds is 0. The highest BCUT2D eigenvalue weighted by Crippen LogP contribution is 2.18. The largest absolute Gasteiger partial charge is 0.370 e. The molecule has 5 nitrogen and oxygen atoms in total. The second kappa shape index (κ2) is 2.80. The molecule has 2 aromatic heterocycles. The molecule has 0 amide bonds. The van der Waals surface area contributed by atoms with E-state index in [4.69, 9.17) is 11.6 Å². The second-order valence-electron chi connectivity index (χ2n) is 3.11. The number of nitrogens with one attached hydrogen (secondary N) is 1. The fraction of sp³-hybridized carbons (Fsp3) is 0. The summed E-state index contributed by atoms with van der Waals surface area (Å²) in [4.78, 5) is 18.3. The van der Waals surface area contributed by atoms with Crippen LogP contribution < -0.4 is 5.69 Å². The number of hydrogen-bond donors (Lipinski definition) is 1. The zero-order valence-corrected chi connectivity index (χ0v) is 8.19. The summed E-state index contributed by atoms with van der Waals surface area (Å²) in [6.07, 6.45) is 1.45. The van der Waals surface area contributed by atoms with Gasteiger partial charge in [0, 0.05) is 10.4 Å². The van der Waals surface area contributed by atoms with Gasteiger partial charge in [0.15, 0.2) is 0 Å². The Bertz CT molecular complexity index is 715. The lowest BCUT2D eigenvalue weighted by molar-refractivity contribution is 0.881. The predicted molar refractivity (Wildman–Crippen MR) is 56.1 cm³/mol. The Kier molecular flexibility index (Phi) is 1.58. The van der Waals surface area contributed by atoms with E-state index in [9.17, 15) is 4.79 Å². The molecule has 0 saturated heterocycles. The summed E-state index contributed by atoms with van der Waals surface area (Å²) in [5.41, 5.74) is 0.777. The van der Waals surface area contributed by atoms with E-state index >= 15 is 0 Å². The van der Waals surface area contributed by atoms with Crippen molar-refractivity contribution in [1.82, 2.24) is 19.6 Å². The highest BCUT2D eigenvalue weighted by Gasteiger charge is 2.06. The minimum atomic E-state index is -0.416. The number of hydrogen-bond acceptors (Lipinski definition) is 3. The normalized spacial score (nSPS) is 11.3.